The van der Waals surface area contributed by atoms with Gasteiger partial charge in [-0.15, -0.1) is 0 Å². The maximum absolute atomic E-state index is 12.3. The SMILES string of the molecule is COc1cc(OC)cc(C(=O)OCC(O)=C(C#N)c2nc3ccccc3[nH]2)c1. The van der Waals surface area contributed by atoms with Crippen LogP contribution in [0.25, 0.3) is 16.6 Å². The van der Waals surface area contributed by atoms with E-state index < -0.39 is 18.3 Å². The molecule has 0 saturated heterocycles. The number of esters is 1. The summed E-state index contributed by atoms with van der Waals surface area (Å²) in [7, 11) is 2.93. The van der Waals surface area contributed by atoms with Crippen LogP contribution in [0.1, 0.15) is 16.2 Å². The van der Waals surface area contributed by atoms with Crippen molar-refractivity contribution in [1.29, 1.82) is 5.26 Å². The second kappa shape index (κ2) is 8.14. The third-order valence-electron chi connectivity index (χ3n) is 3.95. The zero-order valence-electron chi connectivity index (χ0n) is 15.2. The summed E-state index contributed by atoms with van der Waals surface area (Å²) in [6, 6.07) is 13.7. The second-order valence-corrected chi connectivity index (χ2v) is 5.71. The van der Waals surface area contributed by atoms with Gasteiger partial charge in [-0.1, -0.05) is 12.1 Å². The molecule has 142 valence electrons. The van der Waals surface area contributed by atoms with Gasteiger partial charge in [0.25, 0.3) is 0 Å². The number of rotatable bonds is 6. The van der Waals surface area contributed by atoms with E-state index in [4.69, 9.17) is 14.2 Å². The van der Waals surface area contributed by atoms with Crippen molar-refractivity contribution in [2.45, 2.75) is 0 Å². The first-order valence-electron chi connectivity index (χ1n) is 8.23. The van der Waals surface area contributed by atoms with Crippen LogP contribution in [0.15, 0.2) is 48.2 Å². The molecule has 0 atom stereocenters. The van der Waals surface area contributed by atoms with Crippen molar-refractivity contribution in [3.05, 3.63) is 59.6 Å². The van der Waals surface area contributed by atoms with Gasteiger partial charge in [-0.3, -0.25) is 0 Å². The number of aromatic amines is 1. The lowest BCUT2D eigenvalue weighted by atomic mass is 10.2. The summed E-state index contributed by atoms with van der Waals surface area (Å²) >= 11 is 0. The summed E-state index contributed by atoms with van der Waals surface area (Å²) in [4.78, 5) is 19.5. The number of carbonyl (C=O) groups is 1. The Hall–Kier alpha value is -3.99. The van der Waals surface area contributed by atoms with Crippen molar-refractivity contribution in [2.75, 3.05) is 20.8 Å². The predicted molar refractivity (Wildman–Crippen MR) is 101 cm³/mol. The van der Waals surface area contributed by atoms with Crippen molar-refractivity contribution in [1.82, 2.24) is 9.97 Å². The number of hydrogen-bond acceptors (Lipinski definition) is 7. The largest absolute Gasteiger partial charge is 0.507 e. The number of aliphatic hydroxyl groups excluding tert-OH is 1. The number of nitriles is 1. The molecule has 1 heterocycles. The van der Waals surface area contributed by atoms with Crippen molar-refractivity contribution in [3.8, 4) is 17.6 Å². The van der Waals surface area contributed by atoms with Crippen LogP contribution in [0.4, 0.5) is 0 Å². The second-order valence-electron chi connectivity index (χ2n) is 5.71. The topological polar surface area (TPSA) is 117 Å². The molecule has 0 radical (unpaired) electrons. The van der Waals surface area contributed by atoms with Crippen LogP contribution in [-0.4, -0.2) is 41.9 Å². The quantitative estimate of drug-likeness (QED) is 0.383. The van der Waals surface area contributed by atoms with E-state index in [0.717, 1.165) is 5.52 Å². The van der Waals surface area contributed by atoms with E-state index in [-0.39, 0.29) is 17.0 Å². The van der Waals surface area contributed by atoms with Gasteiger partial charge in [0, 0.05) is 6.07 Å². The van der Waals surface area contributed by atoms with Crippen LogP contribution in [-0.2, 0) is 4.74 Å². The van der Waals surface area contributed by atoms with Gasteiger partial charge in [0.15, 0.2) is 11.6 Å². The molecule has 0 aliphatic carbocycles. The minimum absolute atomic E-state index is 0.104. The maximum Gasteiger partial charge on any atom is 0.338 e. The Labute approximate surface area is 160 Å². The van der Waals surface area contributed by atoms with Crippen LogP contribution in [0, 0.1) is 11.3 Å². The molecular weight excluding hydrogens is 362 g/mol. The van der Waals surface area contributed by atoms with Crippen LogP contribution in [0.3, 0.4) is 0 Å². The standard InChI is InChI=1S/C20H17N3O5/c1-26-13-7-12(8-14(9-13)27-2)20(25)28-11-18(24)15(10-21)19-22-16-5-3-4-6-17(16)23-19/h3-9,24H,11H2,1-2H3,(H,22,23). The fraction of sp³-hybridized carbons (Fsp3) is 0.150. The molecule has 0 bridgehead atoms. The molecule has 2 aromatic carbocycles. The number of para-hydroxylation sites is 2. The van der Waals surface area contributed by atoms with Crippen LogP contribution in [0.2, 0.25) is 0 Å². The summed E-state index contributed by atoms with van der Waals surface area (Å²) in [5, 5.41) is 19.6. The maximum atomic E-state index is 12.3. The van der Waals surface area contributed by atoms with E-state index in [1.54, 1.807) is 18.2 Å². The molecule has 1 aromatic heterocycles. The Kier molecular flexibility index (Phi) is 5.46. The summed E-state index contributed by atoms with van der Waals surface area (Å²) in [5.41, 5.74) is 1.45. The van der Waals surface area contributed by atoms with Gasteiger partial charge in [0.2, 0.25) is 0 Å². The van der Waals surface area contributed by atoms with E-state index in [1.165, 1.54) is 26.4 Å². The Balaban J connectivity index is 1.80. The molecule has 8 nitrogen and oxygen atoms in total. The van der Waals surface area contributed by atoms with Gasteiger partial charge in [-0.25, -0.2) is 9.78 Å². The molecule has 0 unspecified atom stereocenters. The molecule has 2 N–H and O–H groups in total. The third kappa shape index (κ3) is 3.88. The van der Waals surface area contributed by atoms with Gasteiger partial charge in [-0.05, 0) is 24.3 Å². The average Bonchev–Trinajstić information content (AvgIpc) is 3.15. The lowest BCUT2D eigenvalue weighted by Crippen LogP contribution is -2.10. The number of methoxy groups -OCH3 is 2. The smallest absolute Gasteiger partial charge is 0.338 e. The molecule has 0 amide bonds. The lowest BCUT2D eigenvalue weighted by Gasteiger charge is -2.09. The van der Waals surface area contributed by atoms with Crippen molar-refractivity contribution in [2.24, 2.45) is 0 Å². The highest BCUT2D eigenvalue weighted by Gasteiger charge is 2.16. The molecule has 3 aromatic rings. The number of nitrogens with one attached hydrogen (secondary N) is 1. The fourth-order valence-electron chi connectivity index (χ4n) is 2.54. The molecule has 0 aliphatic rings. The van der Waals surface area contributed by atoms with E-state index in [9.17, 15) is 15.2 Å². The number of aliphatic hydroxyl groups is 1. The summed E-state index contributed by atoms with van der Waals surface area (Å²) in [5.74, 6) is -0.0761. The van der Waals surface area contributed by atoms with Gasteiger partial charge in [0.1, 0.15) is 29.7 Å². The zero-order chi connectivity index (χ0) is 20.1. The number of fused-ring (bicyclic) bond motifs is 1. The van der Waals surface area contributed by atoms with Crippen molar-refractivity contribution >= 4 is 22.6 Å². The number of ether oxygens (including phenoxy) is 3. The molecule has 8 heteroatoms. The van der Waals surface area contributed by atoms with Crippen LogP contribution < -0.4 is 9.47 Å². The number of allylic oxidation sites excluding steroid dienone is 1. The highest BCUT2D eigenvalue weighted by molar-refractivity contribution is 5.91. The highest BCUT2D eigenvalue weighted by atomic mass is 16.5. The lowest BCUT2D eigenvalue weighted by molar-refractivity contribution is 0.0502. The molecule has 3 rings (SSSR count). The first-order valence-corrected chi connectivity index (χ1v) is 8.23. The number of carbonyl (C=O) groups excluding carboxylic acids is 1. The molecule has 0 aliphatic heterocycles. The third-order valence-corrected chi connectivity index (χ3v) is 3.95. The Bertz CT molecular complexity index is 1040. The van der Waals surface area contributed by atoms with Gasteiger partial charge < -0.3 is 24.3 Å². The van der Waals surface area contributed by atoms with Gasteiger partial charge >= 0.3 is 5.97 Å². The summed E-state index contributed by atoms with van der Waals surface area (Å²) < 4.78 is 15.3. The van der Waals surface area contributed by atoms with Crippen molar-refractivity contribution in [3.63, 3.8) is 0 Å². The van der Waals surface area contributed by atoms with E-state index in [0.29, 0.717) is 17.0 Å². The molecule has 0 spiro atoms. The molecule has 28 heavy (non-hydrogen) atoms. The van der Waals surface area contributed by atoms with Crippen LogP contribution in [0.5, 0.6) is 11.5 Å². The van der Waals surface area contributed by atoms with E-state index in [2.05, 4.69) is 9.97 Å². The number of benzene rings is 2. The Morgan fingerprint density at radius 3 is 2.46 bits per heavy atom. The van der Waals surface area contributed by atoms with Crippen LogP contribution >= 0.6 is 0 Å². The van der Waals surface area contributed by atoms with Crippen molar-refractivity contribution < 1.29 is 24.1 Å². The number of nitrogens with zero attached hydrogens (tertiary/aromatic N) is 2. The summed E-state index contributed by atoms with van der Waals surface area (Å²) in [6.07, 6.45) is 0. The first-order chi connectivity index (χ1) is 13.5. The number of hydrogen-bond donors (Lipinski definition) is 2. The fourth-order valence-corrected chi connectivity index (χ4v) is 2.54. The molecule has 0 saturated carbocycles. The predicted octanol–water partition coefficient (Wildman–Crippen LogP) is 3.23. The molecular formula is C20H17N3O5. The van der Waals surface area contributed by atoms with Gasteiger partial charge in [0.05, 0.1) is 30.8 Å². The van der Waals surface area contributed by atoms with E-state index >= 15 is 0 Å². The zero-order valence-corrected chi connectivity index (χ0v) is 15.2. The monoisotopic (exact) mass is 379 g/mol. The molecule has 0 fully saturated rings. The minimum atomic E-state index is -0.703. The first kappa shape index (κ1) is 18.8. The number of imidazole rings is 1. The normalized spacial score (nSPS) is 11.5. The Morgan fingerprint density at radius 1 is 1.18 bits per heavy atom. The summed E-state index contributed by atoms with van der Waals surface area (Å²) in [6.45, 7) is -0.488. The minimum Gasteiger partial charge on any atom is -0.507 e. The average molecular weight is 379 g/mol. The number of aromatic nitrogens is 2. The number of H-pyrrole nitrogens is 1. The van der Waals surface area contributed by atoms with E-state index in [1.807, 2.05) is 18.2 Å². The van der Waals surface area contributed by atoms with Gasteiger partial charge in [-0.2, -0.15) is 5.26 Å². The Morgan fingerprint density at radius 2 is 1.86 bits per heavy atom. The highest BCUT2D eigenvalue weighted by Crippen LogP contribution is 2.23.